The van der Waals surface area contributed by atoms with Gasteiger partial charge in [0.15, 0.2) is 0 Å². The number of nitrogens with one attached hydrogen (secondary N) is 1. The number of benzene rings is 1. The van der Waals surface area contributed by atoms with Gasteiger partial charge in [-0.3, -0.25) is 10.1 Å². The van der Waals surface area contributed by atoms with Crippen molar-refractivity contribution in [1.82, 2.24) is 5.32 Å². The standard InChI is InChI=1S/C18H22N2O3/c1-3-23-17(22)15-14-13(21)9-18(10-19,16(14)15)20-11(2)12-7-5-4-6-8-12/h4-8,11,13-16,20-21H,3,9H2,1-2H3/t11-,13?,14?,15?,16?,18?/m1/s1. The average Bonchev–Trinajstić information content (AvgIpc) is 3.25. The number of esters is 1. The van der Waals surface area contributed by atoms with Crippen LogP contribution in [0.25, 0.3) is 0 Å². The number of aliphatic hydroxyl groups is 1. The third-order valence-corrected chi connectivity index (χ3v) is 5.15. The normalized spacial score (nSPS) is 35.9. The summed E-state index contributed by atoms with van der Waals surface area (Å²) in [6.07, 6.45) is -0.282. The summed E-state index contributed by atoms with van der Waals surface area (Å²) in [4.78, 5) is 12.1. The highest BCUT2D eigenvalue weighted by molar-refractivity contribution is 5.78. The average molecular weight is 314 g/mol. The Balaban J connectivity index is 1.79. The number of carbonyl (C=O) groups is 1. The Morgan fingerprint density at radius 1 is 1.52 bits per heavy atom. The van der Waals surface area contributed by atoms with Gasteiger partial charge in [-0.1, -0.05) is 30.3 Å². The predicted molar refractivity (Wildman–Crippen MR) is 84.1 cm³/mol. The van der Waals surface area contributed by atoms with Gasteiger partial charge < -0.3 is 9.84 Å². The molecule has 5 heteroatoms. The maximum Gasteiger partial charge on any atom is 0.309 e. The molecule has 0 heterocycles. The molecule has 5 unspecified atom stereocenters. The van der Waals surface area contributed by atoms with Crippen LogP contribution in [0.3, 0.4) is 0 Å². The van der Waals surface area contributed by atoms with Crippen LogP contribution in [0, 0.1) is 29.1 Å². The van der Waals surface area contributed by atoms with E-state index in [4.69, 9.17) is 4.74 Å². The SMILES string of the molecule is CCOC(=O)C1C2C(O)CC(C#N)(N[C@H](C)c3ccccc3)C12. The fourth-order valence-corrected chi connectivity index (χ4v) is 4.11. The maximum atomic E-state index is 12.1. The molecule has 2 aliphatic carbocycles. The van der Waals surface area contributed by atoms with E-state index in [1.54, 1.807) is 6.92 Å². The Labute approximate surface area is 136 Å². The van der Waals surface area contributed by atoms with E-state index in [9.17, 15) is 15.2 Å². The van der Waals surface area contributed by atoms with E-state index in [1.165, 1.54) is 0 Å². The third-order valence-electron chi connectivity index (χ3n) is 5.15. The predicted octanol–water partition coefficient (Wildman–Crippen LogP) is 1.79. The molecule has 0 amide bonds. The molecule has 5 nitrogen and oxygen atoms in total. The summed E-state index contributed by atoms with van der Waals surface area (Å²) in [6, 6.07) is 12.2. The highest BCUT2D eigenvalue weighted by Gasteiger charge is 2.73. The van der Waals surface area contributed by atoms with Gasteiger partial charge in [0.05, 0.1) is 24.7 Å². The van der Waals surface area contributed by atoms with Crippen LogP contribution >= 0.6 is 0 Å². The molecule has 122 valence electrons. The van der Waals surface area contributed by atoms with Crippen molar-refractivity contribution in [3.8, 4) is 6.07 Å². The van der Waals surface area contributed by atoms with Gasteiger partial charge in [-0.15, -0.1) is 0 Å². The van der Waals surface area contributed by atoms with E-state index in [2.05, 4.69) is 11.4 Å². The summed E-state index contributed by atoms with van der Waals surface area (Å²) in [6.45, 7) is 4.08. The molecule has 0 spiro atoms. The summed E-state index contributed by atoms with van der Waals surface area (Å²) >= 11 is 0. The first-order chi connectivity index (χ1) is 11.0. The largest absolute Gasteiger partial charge is 0.466 e. The molecule has 3 rings (SSSR count). The van der Waals surface area contributed by atoms with Crippen molar-refractivity contribution < 1.29 is 14.6 Å². The highest BCUT2D eigenvalue weighted by atomic mass is 16.5. The van der Waals surface area contributed by atoms with Gasteiger partial charge in [-0.2, -0.15) is 5.26 Å². The first kappa shape index (κ1) is 16.0. The quantitative estimate of drug-likeness (QED) is 0.810. The number of nitrogens with zero attached hydrogens (tertiary/aromatic N) is 1. The van der Waals surface area contributed by atoms with Crippen molar-refractivity contribution in [3.05, 3.63) is 35.9 Å². The molecule has 23 heavy (non-hydrogen) atoms. The fraction of sp³-hybridized carbons (Fsp3) is 0.556. The number of aliphatic hydroxyl groups excluding tert-OH is 1. The van der Waals surface area contributed by atoms with Gasteiger partial charge >= 0.3 is 5.97 Å². The van der Waals surface area contributed by atoms with E-state index >= 15 is 0 Å². The monoisotopic (exact) mass is 314 g/mol. The molecule has 0 saturated heterocycles. The molecule has 2 N–H and O–H groups in total. The lowest BCUT2D eigenvalue weighted by Crippen LogP contribution is -2.48. The molecule has 0 radical (unpaired) electrons. The van der Waals surface area contributed by atoms with Crippen molar-refractivity contribution >= 4 is 5.97 Å². The van der Waals surface area contributed by atoms with E-state index in [-0.39, 0.29) is 29.8 Å². The minimum atomic E-state index is -0.878. The number of hydrogen-bond acceptors (Lipinski definition) is 5. The Morgan fingerprint density at radius 2 is 2.22 bits per heavy atom. The van der Waals surface area contributed by atoms with Crippen LogP contribution < -0.4 is 5.32 Å². The van der Waals surface area contributed by atoms with Gasteiger partial charge in [-0.05, 0) is 19.4 Å². The van der Waals surface area contributed by atoms with Gasteiger partial charge in [0, 0.05) is 24.3 Å². The van der Waals surface area contributed by atoms with Crippen molar-refractivity contribution in [2.75, 3.05) is 6.61 Å². The van der Waals surface area contributed by atoms with E-state index in [0.29, 0.717) is 13.0 Å². The molecular formula is C18H22N2O3. The summed E-state index contributed by atoms with van der Waals surface area (Å²) in [5, 5.41) is 23.4. The second kappa shape index (κ2) is 5.95. The third kappa shape index (κ3) is 2.62. The first-order valence-electron chi connectivity index (χ1n) is 8.12. The molecule has 1 aromatic rings. The Bertz CT molecular complexity index is 627. The van der Waals surface area contributed by atoms with Crippen LogP contribution in [0.5, 0.6) is 0 Å². The number of fused-ring (bicyclic) bond motifs is 1. The smallest absolute Gasteiger partial charge is 0.309 e. The molecule has 0 bridgehead atoms. The van der Waals surface area contributed by atoms with Crippen molar-refractivity contribution in [1.29, 1.82) is 5.26 Å². The molecule has 1 aromatic carbocycles. The second-order valence-corrected chi connectivity index (χ2v) is 6.51. The van der Waals surface area contributed by atoms with Gasteiger partial charge in [0.25, 0.3) is 0 Å². The topological polar surface area (TPSA) is 82.3 Å². The summed E-state index contributed by atoms with van der Waals surface area (Å²) in [7, 11) is 0. The molecule has 2 aliphatic rings. The molecule has 2 fully saturated rings. The minimum absolute atomic E-state index is 0.0368. The van der Waals surface area contributed by atoms with Crippen molar-refractivity contribution in [2.45, 2.75) is 38.0 Å². The van der Waals surface area contributed by atoms with E-state index in [1.807, 2.05) is 37.3 Å². The van der Waals surface area contributed by atoms with Crippen LogP contribution in [0.2, 0.25) is 0 Å². The molecule has 2 saturated carbocycles. The summed E-state index contributed by atoms with van der Waals surface area (Å²) in [5.41, 5.74) is 0.199. The number of carbonyl (C=O) groups excluding carboxylic acids is 1. The highest BCUT2D eigenvalue weighted by Crippen LogP contribution is 2.62. The Hall–Kier alpha value is -1.90. The zero-order valence-corrected chi connectivity index (χ0v) is 13.4. The fourth-order valence-electron chi connectivity index (χ4n) is 4.11. The number of hydrogen-bond donors (Lipinski definition) is 2. The molecular weight excluding hydrogens is 292 g/mol. The first-order valence-corrected chi connectivity index (χ1v) is 8.12. The Kier molecular flexibility index (Phi) is 4.13. The number of nitriles is 1. The van der Waals surface area contributed by atoms with E-state index < -0.39 is 11.6 Å². The van der Waals surface area contributed by atoms with Crippen LogP contribution in [-0.2, 0) is 9.53 Å². The van der Waals surface area contributed by atoms with Crippen LogP contribution in [-0.4, -0.2) is 29.3 Å². The second-order valence-electron chi connectivity index (χ2n) is 6.51. The zero-order valence-electron chi connectivity index (χ0n) is 13.4. The van der Waals surface area contributed by atoms with Gasteiger partial charge in [0.1, 0.15) is 5.54 Å². The van der Waals surface area contributed by atoms with Crippen molar-refractivity contribution in [2.24, 2.45) is 17.8 Å². The van der Waals surface area contributed by atoms with Gasteiger partial charge in [0.2, 0.25) is 0 Å². The Morgan fingerprint density at radius 3 is 2.83 bits per heavy atom. The van der Waals surface area contributed by atoms with Crippen LogP contribution in [0.4, 0.5) is 0 Å². The number of rotatable bonds is 5. The lowest BCUT2D eigenvalue weighted by molar-refractivity contribution is -0.146. The van der Waals surface area contributed by atoms with E-state index in [0.717, 1.165) is 5.56 Å². The molecule has 6 atom stereocenters. The molecule has 0 aliphatic heterocycles. The van der Waals surface area contributed by atoms with Crippen molar-refractivity contribution in [3.63, 3.8) is 0 Å². The lowest BCUT2D eigenvalue weighted by Gasteiger charge is -2.30. The van der Waals surface area contributed by atoms with Crippen LogP contribution in [0.15, 0.2) is 30.3 Å². The van der Waals surface area contributed by atoms with Crippen LogP contribution in [0.1, 0.15) is 31.9 Å². The number of ether oxygens (including phenoxy) is 1. The maximum absolute atomic E-state index is 12.1. The van der Waals surface area contributed by atoms with Gasteiger partial charge in [-0.25, -0.2) is 0 Å². The minimum Gasteiger partial charge on any atom is -0.466 e. The molecule has 0 aromatic heterocycles. The lowest BCUT2D eigenvalue weighted by atomic mass is 9.89. The summed E-state index contributed by atoms with van der Waals surface area (Å²) < 4.78 is 5.09. The summed E-state index contributed by atoms with van der Waals surface area (Å²) in [5.74, 6) is -0.999. The zero-order chi connectivity index (χ0) is 16.6.